The highest BCUT2D eigenvalue weighted by molar-refractivity contribution is 9.10. The summed E-state index contributed by atoms with van der Waals surface area (Å²) in [6, 6.07) is 5.37. The van der Waals surface area contributed by atoms with Crippen molar-refractivity contribution < 1.29 is 9.84 Å². The van der Waals surface area contributed by atoms with Crippen molar-refractivity contribution in [3.63, 3.8) is 0 Å². The molecule has 0 unspecified atom stereocenters. The normalized spacial score (nSPS) is 12.6. The second kappa shape index (κ2) is 4.84. The van der Waals surface area contributed by atoms with E-state index in [1.807, 2.05) is 0 Å². The zero-order valence-electron chi connectivity index (χ0n) is 7.13. The van der Waals surface area contributed by atoms with Crippen LogP contribution in [-0.4, -0.2) is 18.1 Å². The number of methoxy groups -OCH3 is 1. The molecule has 0 bridgehead atoms. The Morgan fingerprint density at radius 1 is 1.62 bits per heavy atom. The van der Waals surface area contributed by atoms with Crippen LogP contribution < -0.4 is 4.74 Å². The lowest BCUT2D eigenvalue weighted by Crippen LogP contribution is -1.98. The minimum Gasteiger partial charge on any atom is -0.496 e. The van der Waals surface area contributed by atoms with Crippen LogP contribution in [-0.2, 0) is 0 Å². The zero-order chi connectivity index (χ0) is 9.84. The number of hydrogen-bond acceptors (Lipinski definition) is 2. The lowest BCUT2D eigenvalue weighted by atomic mass is 10.1. The first-order valence-corrected chi connectivity index (χ1v) is 5.09. The molecule has 2 nitrogen and oxygen atoms in total. The van der Waals surface area contributed by atoms with Crippen LogP contribution in [0.3, 0.4) is 0 Å². The predicted molar refractivity (Wildman–Crippen MR) is 56.4 cm³/mol. The Bertz CT molecular complexity index is 291. The molecule has 0 heterocycles. The molecule has 0 amide bonds. The van der Waals surface area contributed by atoms with E-state index in [-0.39, 0.29) is 5.88 Å². The van der Waals surface area contributed by atoms with Crippen molar-refractivity contribution in [1.82, 2.24) is 0 Å². The number of aliphatic hydroxyl groups excluding tert-OH is 1. The Kier molecular flexibility index (Phi) is 4.03. The van der Waals surface area contributed by atoms with Gasteiger partial charge in [0, 0.05) is 0 Å². The van der Waals surface area contributed by atoms with Gasteiger partial charge in [-0.3, -0.25) is 0 Å². The molecule has 0 radical (unpaired) electrons. The third-order valence-electron chi connectivity index (χ3n) is 1.71. The average Bonchev–Trinajstić information content (AvgIpc) is 2.16. The van der Waals surface area contributed by atoms with Crippen LogP contribution in [0.1, 0.15) is 11.7 Å². The van der Waals surface area contributed by atoms with Crippen molar-refractivity contribution in [2.45, 2.75) is 6.10 Å². The van der Waals surface area contributed by atoms with Gasteiger partial charge in [0.2, 0.25) is 0 Å². The predicted octanol–water partition coefficient (Wildman–Crippen LogP) is 2.73. The van der Waals surface area contributed by atoms with E-state index in [1.165, 1.54) is 0 Å². The molecular formula is C9H10BrClO2. The third-order valence-corrected chi connectivity index (χ3v) is 2.62. The minimum atomic E-state index is -0.621. The SMILES string of the molecule is COc1ccc([C@H](O)CCl)cc1Br. The first-order valence-electron chi connectivity index (χ1n) is 3.76. The van der Waals surface area contributed by atoms with E-state index in [0.29, 0.717) is 0 Å². The van der Waals surface area contributed by atoms with Gasteiger partial charge in [-0.15, -0.1) is 11.6 Å². The summed E-state index contributed by atoms with van der Waals surface area (Å²) in [5.74, 6) is 0.934. The lowest BCUT2D eigenvalue weighted by Gasteiger charge is -2.09. The Morgan fingerprint density at radius 3 is 2.77 bits per heavy atom. The molecule has 0 saturated heterocycles. The van der Waals surface area contributed by atoms with E-state index in [2.05, 4.69) is 15.9 Å². The van der Waals surface area contributed by atoms with Gasteiger partial charge in [0.25, 0.3) is 0 Å². The fourth-order valence-electron chi connectivity index (χ4n) is 0.979. The second-order valence-electron chi connectivity index (χ2n) is 2.56. The van der Waals surface area contributed by atoms with Crippen LogP contribution >= 0.6 is 27.5 Å². The lowest BCUT2D eigenvalue weighted by molar-refractivity contribution is 0.202. The number of benzene rings is 1. The summed E-state index contributed by atoms with van der Waals surface area (Å²) in [5.41, 5.74) is 0.780. The Labute approximate surface area is 90.6 Å². The summed E-state index contributed by atoms with van der Waals surface area (Å²) < 4.78 is 5.87. The molecule has 13 heavy (non-hydrogen) atoms. The molecule has 72 valence electrons. The van der Waals surface area contributed by atoms with E-state index < -0.39 is 6.10 Å². The Hall–Kier alpha value is -0.250. The summed E-state index contributed by atoms with van der Waals surface area (Å²) in [6.07, 6.45) is -0.621. The smallest absolute Gasteiger partial charge is 0.133 e. The fraction of sp³-hybridized carbons (Fsp3) is 0.333. The van der Waals surface area contributed by atoms with E-state index in [4.69, 9.17) is 16.3 Å². The molecular weight excluding hydrogens is 255 g/mol. The van der Waals surface area contributed by atoms with E-state index in [9.17, 15) is 5.11 Å². The maximum absolute atomic E-state index is 9.42. The molecule has 4 heteroatoms. The molecule has 1 aromatic rings. The second-order valence-corrected chi connectivity index (χ2v) is 3.73. The number of aliphatic hydroxyl groups is 1. The van der Waals surface area contributed by atoms with Crippen LogP contribution in [0.4, 0.5) is 0 Å². The largest absolute Gasteiger partial charge is 0.496 e. The monoisotopic (exact) mass is 264 g/mol. The van der Waals surface area contributed by atoms with Gasteiger partial charge < -0.3 is 9.84 Å². The first-order chi connectivity index (χ1) is 6.19. The van der Waals surface area contributed by atoms with Crippen LogP contribution in [0.15, 0.2) is 22.7 Å². The van der Waals surface area contributed by atoms with Gasteiger partial charge in [0.05, 0.1) is 23.6 Å². The molecule has 1 rings (SSSR count). The van der Waals surface area contributed by atoms with Gasteiger partial charge in [-0.25, -0.2) is 0 Å². The van der Waals surface area contributed by atoms with Crippen molar-refractivity contribution in [1.29, 1.82) is 0 Å². The molecule has 1 N–H and O–H groups in total. The quantitative estimate of drug-likeness (QED) is 0.852. The van der Waals surface area contributed by atoms with Crippen LogP contribution in [0.5, 0.6) is 5.75 Å². The Balaban J connectivity index is 2.95. The highest BCUT2D eigenvalue weighted by atomic mass is 79.9. The van der Waals surface area contributed by atoms with Gasteiger partial charge in [-0.1, -0.05) is 6.07 Å². The molecule has 0 aliphatic rings. The fourth-order valence-corrected chi connectivity index (χ4v) is 1.72. The molecule has 0 aromatic heterocycles. The van der Waals surface area contributed by atoms with Crippen molar-refractivity contribution in [3.8, 4) is 5.75 Å². The number of alkyl halides is 1. The molecule has 1 aromatic carbocycles. The van der Waals surface area contributed by atoms with Crippen molar-refractivity contribution in [2.24, 2.45) is 0 Å². The van der Waals surface area contributed by atoms with Gasteiger partial charge >= 0.3 is 0 Å². The number of ether oxygens (including phenoxy) is 1. The van der Waals surface area contributed by atoms with E-state index >= 15 is 0 Å². The number of rotatable bonds is 3. The van der Waals surface area contributed by atoms with Crippen molar-refractivity contribution in [2.75, 3.05) is 13.0 Å². The van der Waals surface area contributed by atoms with Gasteiger partial charge in [-0.05, 0) is 33.6 Å². The highest BCUT2D eigenvalue weighted by Gasteiger charge is 2.08. The van der Waals surface area contributed by atoms with Crippen LogP contribution in [0.25, 0.3) is 0 Å². The first kappa shape index (κ1) is 10.8. The maximum atomic E-state index is 9.42. The van der Waals surface area contributed by atoms with Crippen LogP contribution in [0, 0.1) is 0 Å². The van der Waals surface area contributed by atoms with Crippen molar-refractivity contribution in [3.05, 3.63) is 28.2 Å². The zero-order valence-corrected chi connectivity index (χ0v) is 9.47. The molecule has 0 spiro atoms. The average molecular weight is 266 g/mol. The molecule has 0 aliphatic heterocycles. The summed E-state index contributed by atoms with van der Waals surface area (Å²) in [5, 5.41) is 9.42. The number of halogens is 2. The molecule has 1 atom stereocenters. The Morgan fingerprint density at radius 2 is 2.31 bits per heavy atom. The number of hydrogen-bond donors (Lipinski definition) is 1. The van der Waals surface area contributed by atoms with Gasteiger partial charge in [0.15, 0.2) is 0 Å². The summed E-state index contributed by atoms with van der Waals surface area (Å²) in [6.45, 7) is 0. The van der Waals surface area contributed by atoms with E-state index in [1.54, 1.807) is 25.3 Å². The van der Waals surface area contributed by atoms with Crippen LogP contribution in [0.2, 0.25) is 0 Å². The molecule has 0 saturated carbocycles. The maximum Gasteiger partial charge on any atom is 0.133 e. The summed E-state index contributed by atoms with van der Waals surface area (Å²) in [7, 11) is 1.59. The summed E-state index contributed by atoms with van der Waals surface area (Å²) in [4.78, 5) is 0. The molecule has 0 fully saturated rings. The van der Waals surface area contributed by atoms with Crippen molar-refractivity contribution >= 4 is 27.5 Å². The topological polar surface area (TPSA) is 29.5 Å². The minimum absolute atomic E-state index is 0.193. The van der Waals surface area contributed by atoms with Gasteiger partial charge in [0.1, 0.15) is 5.75 Å². The highest BCUT2D eigenvalue weighted by Crippen LogP contribution is 2.28. The van der Waals surface area contributed by atoms with Gasteiger partial charge in [-0.2, -0.15) is 0 Å². The standard InChI is InChI=1S/C9H10BrClO2/c1-13-9-3-2-6(4-7(9)10)8(12)5-11/h2-4,8,12H,5H2,1H3/t8-/m1/s1. The van der Waals surface area contributed by atoms with E-state index in [0.717, 1.165) is 15.8 Å². The third kappa shape index (κ3) is 2.59. The molecule has 0 aliphatic carbocycles. The summed E-state index contributed by atoms with van der Waals surface area (Å²) >= 11 is 8.84.